The highest BCUT2D eigenvalue weighted by atomic mass is 35.5. The Morgan fingerprint density at radius 2 is 2.06 bits per heavy atom. The maximum atomic E-state index is 12.4. The molecule has 1 aliphatic carbocycles. The van der Waals surface area contributed by atoms with Crippen molar-refractivity contribution in [2.75, 3.05) is 0 Å². The second kappa shape index (κ2) is 5.80. The minimum absolute atomic E-state index is 0.211. The van der Waals surface area contributed by atoms with Crippen LogP contribution in [0, 0.1) is 11.3 Å². The van der Waals surface area contributed by atoms with Gasteiger partial charge in [-0.25, -0.2) is 0 Å². The molecular formula is C13H21Cl2NOSi. The van der Waals surface area contributed by atoms with E-state index in [4.69, 9.17) is 23.6 Å². The Kier molecular flexibility index (Phi) is 5.10. The Balaban J connectivity index is 3.22. The molecule has 2 nitrogen and oxygen atoms in total. The van der Waals surface area contributed by atoms with Crippen LogP contribution in [0.15, 0.2) is 23.3 Å². The summed E-state index contributed by atoms with van der Waals surface area (Å²) in [5, 5.41) is 0. The van der Waals surface area contributed by atoms with Gasteiger partial charge in [-0.2, -0.15) is 3.94 Å². The number of allylic oxidation sites excluding steroid dienone is 3. The maximum Gasteiger partial charge on any atom is 0.261 e. The van der Waals surface area contributed by atoms with Crippen LogP contribution >= 0.6 is 23.6 Å². The van der Waals surface area contributed by atoms with E-state index in [9.17, 15) is 4.79 Å². The Morgan fingerprint density at radius 3 is 2.39 bits per heavy atom. The number of hydrogen-bond donors (Lipinski definition) is 0. The number of nitrogens with zero attached hydrogens (tertiary/aromatic N) is 1. The Labute approximate surface area is 121 Å². The van der Waals surface area contributed by atoms with Crippen LogP contribution in [0.3, 0.4) is 0 Å². The molecule has 0 aliphatic heterocycles. The van der Waals surface area contributed by atoms with E-state index in [1.165, 1.54) is 11.1 Å². The van der Waals surface area contributed by atoms with E-state index in [1.54, 1.807) is 0 Å². The minimum atomic E-state index is -0.930. The standard InChI is InChI=1S/C13H21Cl2NOSi/c1-9-6-7-10(2)11(9)13(3,8-18(4)5)12(17)16(14)15/h6-7,9,18H,8H2,1-5H3. The van der Waals surface area contributed by atoms with Crippen molar-refractivity contribution < 1.29 is 4.79 Å². The zero-order chi connectivity index (χ0) is 14.1. The van der Waals surface area contributed by atoms with E-state index in [0.717, 1.165) is 6.04 Å². The van der Waals surface area contributed by atoms with E-state index in [2.05, 4.69) is 39.1 Å². The van der Waals surface area contributed by atoms with Gasteiger partial charge in [0.05, 0.1) is 5.41 Å². The molecule has 102 valence electrons. The van der Waals surface area contributed by atoms with Gasteiger partial charge in [0.25, 0.3) is 5.91 Å². The van der Waals surface area contributed by atoms with Crippen molar-refractivity contribution in [3.8, 4) is 0 Å². The largest absolute Gasteiger partial charge is 0.271 e. The van der Waals surface area contributed by atoms with E-state index in [-0.39, 0.29) is 11.8 Å². The molecule has 0 N–H and O–H groups in total. The SMILES string of the molecule is CC1=C(C(C)(C[SiH](C)C)C(=O)N(Cl)Cl)C(C)C=C1. The summed E-state index contributed by atoms with van der Waals surface area (Å²) in [6.07, 6.45) is 4.21. The van der Waals surface area contributed by atoms with Gasteiger partial charge >= 0.3 is 0 Å². The summed E-state index contributed by atoms with van der Waals surface area (Å²) < 4.78 is 0.697. The van der Waals surface area contributed by atoms with Gasteiger partial charge < -0.3 is 0 Å². The van der Waals surface area contributed by atoms with Crippen LogP contribution in [-0.4, -0.2) is 18.6 Å². The van der Waals surface area contributed by atoms with Crippen molar-refractivity contribution in [2.24, 2.45) is 11.3 Å². The van der Waals surface area contributed by atoms with Crippen LogP contribution in [0.2, 0.25) is 19.1 Å². The van der Waals surface area contributed by atoms with Crippen LogP contribution in [-0.2, 0) is 4.79 Å². The monoisotopic (exact) mass is 305 g/mol. The Hall–Kier alpha value is -0.253. The molecule has 2 unspecified atom stereocenters. The molecule has 1 rings (SSSR count). The molecule has 18 heavy (non-hydrogen) atoms. The normalized spacial score (nSPS) is 22.6. The van der Waals surface area contributed by atoms with Crippen LogP contribution in [0.5, 0.6) is 0 Å². The molecular weight excluding hydrogens is 285 g/mol. The average molecular weight is 306 g/mol. The molecule has 0 saturated carbocycles. The molecule has 0 bridgehead atoms. The van der Waals surface area contributed by atoms with E-state index < -0.39 is 14.2 Å². The lowest BCUT2D eigenvalue weighted by Gasteiger charge is -2.34. The molecule has 2 atom stereocenters. The van der Waals surface area contributed by atoms with E-state index in [0.29, 0.717) is 3.94 Å². The van der Waals surface area contributed by atoms with Gasteiger partial charge in [-0.1, -0.05) is 37.7 Å². The minimum Gasteiger partial charge on any atom is -0.271 e. The molecule has 1 aliphatic rings. The zero-order valence-electron chi connectivity index (χ0n) is 11.6. The first-order valence-corrected chi connectivity index (χ1v) is 10.1. The lowest BCUT2D eigenvalue weighted by Crippen LogP contribution is -2.39. The highest BCUT2D eigenvalue weighted by Gasteiger charge is 2.43. The van der Waals surface area contributed by atoms with Crippen molar-refractivity contribution in [1.82, 2.24) is 3.94 Å². The molecule has 0 spiro atoms. The van der Waals surface area contributed by atoms with Crippen molar-refractivity contribution in [3.05, 3.63) is 23.3 Å². The Bertz CT molecular complexity index is 404. The van der Waals surface area contributed by atoms with Crippen molar-refractivity contribution in [2.45, 2.75) is 39.9 Å². The summed E-state index contributed by atoms with van der Waals surface area (Å²) >= 11 is 11.4. The quantitative estimate of drug-likeness (QED) is 0.565. The fourth-order valence-electron chi connectivity index (χ4n) is 3.09. The lowest BCUT2D eigenvalue weighted by molar-refractivity contribution is -0.130. The molecule has 5 heteroatoms. The third-order valence-corrected chi connectivity index (χ3v) is 5.49. The van der Waals surface area contributed by atoms with Gasteiger partial charge in [0.2, 0.25) is 0 Å². The zero-order valence-corrected chi connectivity index (χ0v) is 14.3. The second-order valence-corrected chi connectivity index (χ2v) is 9.76. The smallest absolute Gasteiger partial charge is 0.261 e. The van der Waals surface area contributed by atoms with Gasteiger partial charge in [0.1, 0.15) is 0 Å². The molecule has 0 aromatic heterocycles. The van der Waals surface area contributed by atoms with Crippen molar-refractivity contribution >= 4 is 38.3 Å². The highest BCUT2D eigenvalue weighted by Crippen LogP contribution is 2.44. The summed E-state index contributed by atoms with van der Waals surface area (Å²) in [5.74, 6) is 0.0666. The first-order valence-electron chi connectivity index (χ1n) is 6.25. The van der Waals surface area contributed by atoms with E-state index >= 15 is 0 Å². The Morgan fingerprint density at radius 1 is 1.50 bits per heavy atom. The summed E-state index contributed by atoms with van der Waals surface area (Å²) in [4.78, 5) is 12.4. The van der Waals surface area contributed by atoms with Gasteiger partial charge in [0.15, 0.2) is 0 Å². The van der Waals surface area contributed by atoms with Crippen LogP contribution in [0.1, 0.15) is 20.8 Å². The highest BCUT2D eigenvalue weighted by molar-refractivity contribution is 6.56. The predicted molar refractivity (Wildman–Crippen MR) is 81.3 cm³/mol. The number of hydrogen-bond acceptors (Lipinski definition) is 1. The maximum absolute atomic E-state index is 12.4. The summed E-state index contributed by atoms with van der Waals surface area (Å²) in [6, 6.07) is 0.875. The molecule has 0 aromatic rings. The fourth-order valence-corrected chi connectivity index (χ4v) is 5.49. The number of carbonyl (C=O) groups excluding carboxylic acids is 1. The predicted octanol–water partition coefficient (Wildman–Crippen LogP) is 4.14. The molecule has 0 radical (unpaired) electrons. The first-order chi connectivity index (χ1) is 8.20. The third-order valence-electron chi connectivity index (χ3n) is 3.55. The van der Waals surface area contributed by atoms with Crippen LogP contribution in [0.25, 0.3) is 0 Å². The lowest BCUT2D eigenvalue weighted by atomic mass is 9.77. The third kappa shape index (κ3) is 3.01. The van der Waals surface area contributed by atoms with Crippen molar-refractivity contribution in [1.29, 1.82) is 0 Å². The van der Waals surface area contributed by atoms with Crippen LogP contribution in [0.4, 0.5) is 0 Å². The average Bonchev–Trinajstić information content (AvgIpc) is 2.56. The molecule has 0 saturated heterocycles. The number of carbonyl (C=O) groups is 1. The van der Waals surface area contributed by atoms with Gasteiger partial charge in [-0.15, -0.1) is 0 Å². The molecule has 0 heterocycles. The summed E-state index contributed by atoms with van der Waals surface area (Å²) in [5.41, 5.74) is 1.76. The number of amides is 1. The number of halogens is 2. The second-order valence-electron chi connectivity index (χ2n) is 5.71. The summed E-state index contributed by atoms with van der Waals surface area (Å²) in [6.45, 7) is 10.6. The summed E-state index contributed by atoms with van der Waals surface area (Å²) in [7, 11) is -0.930. The fraction of sp³-hybridized carbons (Fsp3) is 0.615. The van der Waals surface area contributed by atoms with Gasteiger partial charge in [-0.3, -0.25) is 4.79 Å². The first kappa shape index (κ1) is 15.8. The topological polar surface area (TPSA) is 20.3 Å². The van der Waals surface area contributed by atoms with Crippen molar-refractivity contribution in [3.63, 3.8) is 0 Å². The van der Waals surface area contributed by atoms with Gasteiger partial charge in [0, 0.05) is 32.4 Å². The molecule has 1 amide bonds. The number of rotatable bonds is 4. The van der Waals surface area contributed by atoms with Crippen LogP contribution < -0.4 is 0 Å². The van der Waals surface area contributed by atoms with E-state index in [1.807, 2.05) is 6.92 Å². The molecule has 0 aromatic carbocycles. The molecule has 0 fully saturated rings. The van der Waals surface area contributed by atoms with Gasteiger partial charge in [-0.05, 0) is 31.4 Å².